The van der Waals surface area contributed by atoms with Gasteiger partial charge in [-0.2, -0.15) is 0 Å². The van der Waals surface area contributed by atoms with Gasteiger partial charge in [-0.05, 0) is 85.1 Å². The normalized spacial score (nSPS) is 33.5. The number of nitrogens with zero attached hydrogens (tertiary/aromatic N) is 1. The van der Waals surface area contributed by atoms with Gasteiger partial charge in [0.05, 0.1) is 5.56 Å². The molecule has 1 aromatic carbocycles. The first-order valence-electron chi connectivity index (χ1n) is 13.2. The molecule has 0 bridgehead atoms. The fourth-order valence-corrected chi connectivity index (χ4v) is 7.69. The molecule has 0 aliphatic heterocycles. The van der Waals surface area contributed by atoms with Crippen LogP contribution in [0.3, 0.4) is 0 Å². The van der Waals surface area contributed by atoms with Crippen LogP contribution in [-0.4, -0.2) is 17.1 Å². The smallest absolute Gasteiger partial charge is 0.338 e. The summed E-state index contributed by atoms with van der Waals surface area (Å²) in [5.74, 6) is 1.08. The van der Waals surface area contributed by atoms with Crippen LogP contribution >= 0.6 is 0 Å². The summed E-state index contributed by atoms with van der Waals surface area (Å²) in [6.07, 6.45) is 17.6. The van der Waals surface area contributed by atoms with E-state index < -0.39 is 0 Å². The Morgan fingerprint density at radius 2 is 1.91 bits per heavy atom. The molecule has 0 N–H and O–H groups in total. The Hall–Kier alpha value is -2.94. The van der Waals surface area contributed by atoms with Gasteiger partial charge in [0.2, 0.25) is 0 Å². The summed E-state index contributed by atoms with van der Waals surface area (Å²) in [4.78, 5) is 17.2. The minimum Gasteiger partial charge on any atom is -0.458 e. The molecule has 180 valence electrons. The lowest BCUT2D eigenvalue weighted by atomic mass is 9.49. The highest BCUT2D eigenvalue weighted by Crippen LogP contribution is 2.64. The van der Waals surface area contributed by atoms with Crippen molar-refractivity contribution in [2.75, 3.05) is 0 Å². The van der Waals surface area contributed by atoms with Crippen LogP contribution in [0.2, 0.25) is 0 Å². The van der Waals surface area contributed by atoms with Crippen molar-refractivity contribution in [3.63, 3.8) is 0 Å². The first-order chi connectivity index (χ1) is 16.9. The third-order valence-corrected chi connectivity index (χ3v) is 9.72. The average molecular weight is 466 g/mol. The Kier molecular flexibility index (Phi) is 5.36. The lowest BCUT2D eigenvalue weighted by molar-refractivity contribution is 0.00240. The summed E-state index contributed by atoms with van der Waals surface area (Å²) < 4.78 is 6.03. The number of carbonyl (C=O) groups is 1. The fraction of sp³-hybridized carbons (Fsp3) is 0.438. The molecule has 0 radical (unpaired) electrons. The zero-order chi connectivity index (χ0) is 24.2. The zero-order valence-corrected chi connectivity index (χ0v) is 21.1. The van der Waals surface area contributed by atoms with Crippen molar-refractivity contribution in [2.45, 2.75) is 65.4 Å². The van der Waals surface area contributed by atoms with Crippen molar-refractivity contribution < 1.29 is 9.53 Å². The number of fused-ring (bicyclic) bond motifs is 5. The van der Waals surface area contributed by atoms with E-state index in [0.29, 0.717) is 17.4 Å². The lowest BCUT2D eigenvalue weighted by Gasteiger charge is -2.56. The Morgan fingerprint density at radius 1 is 1.06 bits per heavy atom. The molecule has 2 aromatic rings. The maximum Gasteiger partial charge on any atom is 0.338 e. The first-order valence-corrected chi connectivity index (χ1v) is 13.2. The van der Waals surface area contributed by atoms with E-state index in [1.54, 1.807) is 5.57 Å². The van der Waals surface area contributed by atoms with Crippen molar-refractivity contribution >= 4 is 11.5 Å². The molecule has 35 heavy (non-hydrogen) atoms. The van der Waals surface area contributed by atoms with Crippen LogP contribution in [0.5, 0.6) is 0 Å². The van der Waals surface area contributed by atoms with Gasteiger partial charge in [0.25, 0.3) is 0 Å². The van der Waals surface area contributed by atoms with Crippen LogP contribution in [0, 0.1) is 29.6 Å². The van der Waals surface area contributed by atoms with Crippen LogP contribution in [0.1, 0.15) is 73.9 Å². The number of esters is 1. The van der Waals surface area contributed by atoms with E-state index in [-0.39, 0.29) is 22.9 Å². The number of benzene rings is 1. The van der Waals surface area contributed by atoms with Crippen LogP contribution in [0.25, 0.3) is 5.57 Å². The van der Waals surface area contributed by atoms with E-state index in [1.165, 1.54) is 29.6 Å². The number of ether oxygens (including phenoxy) is 1. The molecule has 3 heteroatoms. The van der Waals surface area contributed by atoms with E-state index in [4.69, 9.17) is 4.74 Å². The summed E-state index contributed by atoms with van der Waals surface area (Å²) in [6.45, 7) is 6.91. The zero-order valence-electron chi connectivity index (χ0n) is 21.1. The van der Waals surface area contributed by atoms with Crippen LogP contribution < -0.4 is 0 Å². The molecule has 2 saturated carbocycles. The molecular formula is C32H35NO2. The van der Waals surface area contributed by atoms with Crippen LogP contribution in [0.15, 0.2) is 78.2 Å². The maximum absolute atomic E-state index is 12.9. The topological polar surface area (TPSA) is 39.2 Å². The van der Waals surface area contributed by atoms with Crippen LogP contribution in [-0.2, 0) is 4.74 Å². The van der Waals surface area contributed by atoms with Crippen molar-refractivity contribution in [2.24, 2.45) is 22.7 Å². The number of allylic oxidation sites excluding steroid dienone is 5. The quantitative estimate of drug-likeness (QED) is 0.348. The van der Waals surface area contributed by atoms with Gasteiger partial charge in [-0.1, -0.05) is 67.5 Å². The predicted octanol–water partition coefficient (Wildman–Crippen LogP) is 7.49. The van der Waals surface area contributed by atoms with E-state index in [1.807, 2.05) is 49.6 Å². The number of aryl methyl sites for hydroxylation is 1. The second-order valence-electron chi connectivity index (χ2n) is 11.5. The van der Waals surface area contributed by atoms with Crippen molar-refractivity contribution in [3.8, 4) is 0 Å². The maximum atomic E-state index is 12.9. The molecule has 0 unspecified atom stereocenters. The number of carbonyl (C=O) groups excluding carboxylic acids is 1. The first kappa shape index (κ1) is 22.5. The second kappa shape index (κ2) is 8.33. The minimum absolute atomic E-state index is 0.0172. The number of aromatic nitrogens is 1. The Morgan fingerprint density at radius 3 is 2.71 bits per heavy atom. The summed E-state index contributed by atoms with van der Waals surface area (Å²) in [5, 5.41) is 0. The molecule has 1 heterocycles. The highest BCUT2D eigenvalue weighted by atomic mass is 16.5. The highest BCUT2D eigenvalue weighted by molar-refractivity contribution is 5.91. The van der Waals surface area contributed by atoms with E-state index in [2.05, 4.69) is 43.1 Å². The van der Waals surface area contributed by atoms with Gasteiger partial charge >= 0.3 is 5.97 Å². The molecule has 2 fully saturated rings. The molecule has 5 atom stereocenters. The minimum atomic E-state index is -0.176. The summed E-state index contributed by atoms with van der Waals surface area (Å²) in [5.41, 5.74) is 7.83. The van der Waals surface area contributed by atoms with Gasteiger partial charge in [0.1, 0.15) is 6.10 Å². The van der Waals surface area contributed by atoms with Gasteiger partial charge in [-0.3, -0.25) is 4.98 Å². The largest absolute Gasteiger partial charge is 0.458 e. The number of hydrogen-bond donors (Lipinski definition) is 0. The molecule has 4 aliphatic carbocycles. The SMILES string of the molecule is Cc1ccccc1C(=O)O[C@H]1CC[C@@]2(C)C(=CC[C@H]3C4=CC=C(c5cccnc5)[C@@]4(C)CC[C@@H]32)C1. The van der Waals surface area contributed by atoms with Crippen molar-refractivity contribution in [1.82, 2.24) is 4.98 Å². The highest BCUT2D eigenvalue weighted by Gasteiger charge is 2.54. The molecule has 3 nitrogen and oxygen atoms in total. The summed E-state index contributed by atoms with van der Waals surface area (Å²) in [6, 6.07) is 12.0. The number of pyridine rings is 1. The standard InChI is InChI=1S/C32H35NO2/c1-21-7-4-5-9-25(21)30(34)35-24-14-16-31(2)23(19-24)10-11-26-28-13-12-27(22-8-6-18-33-20-22)32(28,3)17-15-29(26)31/h4-10,12-13,18,20,24,26,29H,11,14-17,19H2,1-3H3/t24-,26-,29-,31-,32+/m0/s1. The number of hydrogen-bond acceptors (Lipinski definition) is 3. The Labute approximate surface area is 209 Å². The van der Waals surface area contributed by atoms with Gasteiger partial charge in [0, 0.05) is 24.2 Å². The molecule has 1 aromatic heterocycles. The molecular weight excluding hydrogens is 430 g/mol. The van der Waals surface area contributed by atoms with Crippen LogP contribution in [0.4, 0.5) is 0 Å². The van der Waals surface area contributed by atoms with Gasteiger partial charge in [-0.25, -0.2) is 4.79 Å². The molecule has 0 spiro atoms. The van der Waals surface area contributed by atoms with Crippen molar-refractivity contribution in [1.29, 1.82) is 0 Å². The third kappa shape index (κ3) is 3.54. The Balaban J connectivity index is 1.21. The van der Waals surface area contributed by atoms with Crippen molar-refractivity contribution in [3.05, 3.63) is 94.9 Å². The Bertz CT molecular complexity index is 1260. The molecule has 0 amide bonds. The molecule has 4 aliphatic rings. The molecule has 6 rings (SSSR count). The fourth-order valence-electron chi connectivity index (χ4n) is 7.69. The third-order valence-electron chi connectivity index (χ3n) is 9.72. The van der Waals surface area contributed by atoms with E-state index in [0.717, 1.165) is 31.2 Å². The summed E-state index contributed by atoms with van der Waals surface area (Å²) >= 11 is 0. The molecule has 0 saturated heterocycles. The van der Waals surface area contributed by atoms with E-state index >= 15 is 0 Å². The number of rotatable bonds is 3. The van der Waals surface area contributed by atoms with E-state index in [9.17, 15) is 4.79 Å². The van der Waals surface area contributed by atoms with Gasteiger partial charge in [0.15, 0.2) is 0 Å². The monoisotopic (exact) mass is 465 g/mol. The predicted molar refractivity (Wildman–Crippen MR) is 140 cm³/mol. The second-order valence-corrected chi connectivity index (χ2v) is 11.5. The average Bonchev–Trinajstić information content (AvgIpc) is 3.22. The summed E-state index contributed by atoms with van der Waals surface area (Å²) in [7, 11) is 0. The van der Waals surface area contributed by atoms with Gasteiger partial charge in [-0.15, -0.1) is 0 Å². The lowest BCUT2D eigenvalue weighted by Crippen LogP contribution is -2.47. The van der Waals surface area contributed by atoms with Gasteiger partial charge < -0.3 is 4.74 Å².